The summed E-state index contributed by atoms with van der Waals surface area (Å²) in [6.07, 6.45) is 5.47. The Morgan fingerprint density at radius 2 is 2.07 bits per heavy atom. The zero-order valence-electron chi connectivity index (χ0n) is 17.5. The molecule has 1 saturated heterocycles. The molecule has 6 nitrogen and oxygen atoms in total. The molecular weight excluding hydrogens is 388 g/mol. The minimum Gasteiger partial charge on any atom is -0.497 e. The molecule has 0 bridgehead atoms. The zero-order chi connectivity index (χ0) is 21.0. The maximum Gasteiger partial charge on any atom is 0.244 e. The molecular formula is C22H29ClN4O2. The molecule has 3 rings (SSSR count). The van der Waals surface area contributed by atoms with Crippen LogP contribution in [-0.2, 0) is 11.8 Å². The molecule has 0 spiro atoms. The Hall–Kier alpha value is -2.31. The number of rotatable bonds is 6. The van der Waals surface area contributed by atoms with Gasteiger partial charge in [-0.2, -0.15) is 5.10 Å². The number of hydrogen-bond donors (Lipinski definition) is 1. The maximum atomic E-state index is 12.4. The number of carbonyl (C=O) groups is 1. The van der Waals surface area contributed by atoms with Gasteiger partial charge in [0.15, 0.2) is 0 Å². The predicted octanol–water partition coefficient (Wildman–Crippen LogP) is 3.60. The van der Waals surface area contributed by atoms with Crippen LogP contribution in [0.25, 0.3) is 6.08 Å². The van der Waals surface area contributed by atoms with E-state index in [1.54, 1.807) is 24.9 Å². The Bertz CT molecular complexity index is 876. The van der Waals surface area contributed by atoms with E-state index in [0.717, 1.165) is 36.4 Å². The first-order chi connectivity index (χ1) is 13.9. The molecule has 1 aliphatic rings. The summed E-state index contributed by atoms with van der Waals surface area (Å²) >= 11 is 6.22. The molecule has 2 heterocycles. The number of ether oxygens (including phenoxy) is 1. The molecule has 0 aliphatic carbocycles. The second-order valence-corrected chi connectivity index (χ2v) is 7.95. The van der Waals surface area contributed by atoms with Crippen LogP contribution in [0.4, 0.5) is 0 Å². The summed E-state index contributed by atoms with van der Waals surface area (Å²) in [5, 5.41) is 7.85. The number of carbonyl (C=O) groups excluding carboxylic acids is 1. The molecule has 1 aromatic heterocycles. The zero-order valence-corrected chi connectivity index (χ0v) is 18.2. The van der Waals surface area contributed by atoms with Crippen LogP contribution in [0.3, 0.4) is 0 Å². The van der Waals surface area contributed by atoms with E-state index in [4.69, 9.17) is 16.3 Å². The smallest absolute Gasteiger partial charge is 0.244 e. The highest BCUT2D eigenvalue weighted by atomic mass is 35.5. The summed E-state index contributed by atoms with van der Waals surface area (Å²) in [5.41, 5.74) is 2.83. The average Bonchev–Trinajstić information content (AvgIpc) is 2.96. The van der Waals surface area contributed by atoms with Crippen molar-refractivity contribution in [2.75, 3.05) is 27.2 Å². The van der Waals surface area contributed by atoms with Gasteiger partial charge >= 0.3 is 0 Å². The van der Waals surface area contributed by atoms with Crippen LogP contribution in [0.5, 0.6) is 5.75 Å². The van der Waals surface area contributed by atoms with Crippen molar-refractivity contribution < 1.29 is 9.53 Å². The van der Waals surface area contributed by atoms with E-state index < -0.39 is 0 Å². The van der Waals surface area contributed by atoms with Crippen LogP contribution in [-0.4, -0.2) is 47.8 Å². The lowest BCUT2D eigenvalue weighted by molar-refractivity contribution is -0.116. The van der Waals surface area contributed by atoms with Crippen molar-refractivity contribution in [1.29, 1.82) is 0 Å². The molecule has 1 fully saturated rings. The molecule has 2 atom stereocenters. The van der Waals surface area contributed by atoms with E-state index in [0.29, 0.717) is 17.6 Å². The minimum atomic E-state index is -0.119. The van der Waals surface area contributed by atoms with Gasteiger partial charge in [-0.05, 0) is 63.0 Å². The molecule has 156 valence electrons. The Balaban J connectivity index is 1.65. The normalized spacial score (nSPS) is 20.2. The van der Waals surface area contributed by atoms with Crippen molar-refractivity contribution in [3.63, 3.8) is 0 Å². The fraction of sp³-hybridized carbons (Fsp3) is 0.455. The molecule has 2 unspecified atom stereocenters. The lowest BCUT2D eigenvalue weighted by atomic mass is 9.85. The number of amides is 1. The van der Waals surface area contributed by atoms with Crippen LogP contribution in [0.1, 0.15) is 35.7 Å². The quantitative estimate of drug-likeness (QED) is 0.731. The number of benzene rings is 1. The van der Waals surface area contributed by atoms with Gasteiger partial charge in [0.1, 0.15) is 10.9 Å². The van der Waals surface area contributed by atoms with Crippen molar-refractivity contribution in [2.45, 2.75) is 25.8 Å². The van der Waals surface area contributed by atoms with E-state index in [2.05, 4.69) is 34.5 Å². The molecule has 1 aliphatic heterocycles. The fourth-order valence-corrected chi connectivity index (χ4v) is 4.32. The Morgan fingerprint density at radius 1 is 1.34 bits per heavy atom. The highest BCUT2D eigenvalue weighted by molar-refractivity contribution is 6.31. The van der Waals surface area contributed by atoms with E-state index in [1.807, 2.05) is 19.1 Å². The van der Waals surface area contributed by atoms with Crippen molar-refractivity contribution in [3.8, 4) is 5.75 Å². The summed E-state index contributed by atoms with van der Waals surface area (Å²) in [5.74, 6) is 1.08. The molecule has 29 heavy (non-hydrogen) atoms. The third kappa shape index (κ3) is 5.00. The van der Waals surface area contributed by atoms with E-state index in [1.165, 1.54) is 11.6 Å². The molecule has 7 heteroatoms. The number of methoxy groups -OCH3 is 1. The number of halogens is 1. The van der Waals surface area contributed by atoms with E-state index in [9.17, 15) is 4.79 Å². The average molecular weight is 417 g/mol. The third-order valence-electron chi connectivity index (χ3n) is 5.60. The predicted molar refractivity (Wildman–Crippen MR) is 116 cm³/mol. The molecule has 1 amide bonds. The van der Waals surface area contributed by atoms with Crippen molar-refractivity contribution >= 4 is 23.6 Å². The summed E-state index contributed by atoms with van der Waals surface area (Å²) in [6, 6.07) is 8.50. The number of aryl methyl sites for hydroxylation is 2. The molecule has 0 saturated carbocycles. The van der Waals surface area contributed by atoms with Crippen LogP contribution < -0.4 is 10.1 Å². The second-order valence-electron chi connectivity index (χ2n) is 7.59. The highest BCUT2D eigenvalue weighted by Crippen LogP contribution is 2.35. The van der Waals surface area contributed by atoms with Gasteiger partial charge in [-0.3, -0.25) is 14.4 Å². The highest BCUT2D eigenvalue weighted by Gasteiger charge is 2.30. The SMILES string of the molecule is COc1ccc(C2C(CNC(=O)/C=C/c3c(C)nn(C)c3Cl)CCCN2C)cc1. The molecule has 0 radical (unpaired) electrons. The first kappa shape index (κ1) is 21.4. The van der Waals surface area contributed by atoms with Crippen LogP contribution in [0, 0.1) is 12.8 Å². The van der Waals surface area contributed by atoms with Gasteiger partial charge in [0.2, 0.25) is 5.91 Å². The molecule has 1 N–H and O–H groups in total. The number of piperidine rings is 1. The number of hydrogen-bond acceptors (Lipinski definition) is 4. The summed E-state index contributed by atoms with van der Waals surface area (Å²) in [4.78, 5) is 14.8. The van der Waals surface area contributed by atoms with Gasteiger partial charge in [0.05, 0.1) is 12.8 Å². The number of likely N-dealkylation sites (tertiary alicyclic amines) is 1. The summed E-state index contributed by atoms with van der Waals surface area (Å²) < 4.78 is 6.88. The van der Waals surface area contributed by atoms with Crippen molar-refractivity contribution in [1.82, 2.24) is 20.0 Å². The van der Waals surface area contributed by atoms with Gasteiger partial charge in [0, 0.05) is 31.3 Å². The maximum absolute atomic E-state index is 12.4. The Labute approximate surface area is 177 Å². The van der Waals surface area contributed by atoms with Crippen LogP contribution >= 0.6 is 11.6 Å². The largest absolute Gasteiger partial charge is 0.497 e. The topological polar surface area (TPSA) is 59.4 Å². The monoisotopic (exact) mass is 416 g/mol. The Morgan fingerprint density at radius 3 is 2.69 bits per heavy atom. The summed E-state index contributed by atoms with van der Waals surface area (Å²) in [7, 11) is 5.61. The lowest BCUT2D eigenvalue weighted by Gasteiger charge is -2.39. The van der Waals surface area contributed by atoms with Gasteiger partial charge in [-0.25, -0.2) is 0 Å². The number of aromatic nitrogens is 2. The summed E-state index contributed by atoms with van der Waals surface area (Å²) in [6.45, 7) is 3.56. The van der Waals surface area contributed by atoms with Gasteiger partial charge in [0.25, 0.3) is 0 Å². The van der Waals surface area contributed by atoms with Crippen LogP contribution in [0.15, 0.2) is 30.3 Å². The lowest BCUT2D eigenvalue weighted by Crippen LogP contribution is -2.41. The number of nitrogens with zero attached hydrogens (tertiary/aromatic N) is 3. The first-order valence-corrected chi connectivity index (χ1v) is 10.3. The second kappa shape index (κ2) is 9.46. The van der Waals surface area contributed by atoms with Crippen molar-refractivity contribution in [3.05, 3.63) is 52.3 Å². The standard InChI is InChI=1S/C22H29ClN4O2/c1-15-19(22(23)27(3)25-15)11-12-20(28)24-14-17-6-5-13-26(2)21(17)16-7-9-18(29-4)10-8-16/h7-12,17,21H,5-6,13-14H2,1-4H3,(H,24,28)/b12-11+. The van der Waals surface area contributed by atoms with E-state index >= 15 is 0 Å². The van der Waals surface area contributed by atoms with Gasteiger partial charge in [-0.1, -0.05) is 23.7 Å². The third-order valence-corrected chi connectivity index (χ3v) is 6.05. The number of nitrogens with one attached hydrogen (secondary N) is 1. The van der Waals surface area contributed by atoms with Gasteiger partial charge < -0.3 is 10.1 Å². The van der Waals surface area contributed by atoms with Gasteiger partial charge in [-0.15, -0.1) is 0 Å². The van der Waals surface area contributed by atoms with Crippen molar-refractivity contribution in [2.24, 2.45) is 13.0 Å². The van der Waals surface area contributed by atoms with E-state index in [-0.39, 0.29) is 11.9 Å². The molecule has 1 aromatic carbocycles. The Kier molecular flexibility index (Phi) is 6.98. The van der Waals surface area contributed by atoms with Crippen LogP contribution in [0.2, 0.25) is 5.15 Å². The fourth-order valence-electron chi connectivity index (χ4n) is 4.09. The first-order valence-electron chi connectivity index (χ1n) is 9.90. The minimum absolute atomic E-state index is 0.119. The molecule has 2 aromatic rings.